The summed E-state index contributed by atoms with van der Waals surface area (Å²) in [7, 11) is -3.71. The van der Waals surface area contributed by atoms with Gasteiger partial charge in [-0.3, -0.25) is 10.1 Å². The Morgan fingerprint density at radius 1 is 1.17 bits per heavy atom. The Labute approximate surface area is 177 Å². The van der Waals surface area contributed by atoms with Crippen molar-refractivity contribution in [2.45, 2.75) is 18.2 Å². The first-order valence-corrected chi connectivity index (χ1v) is 11.2. The van der Waals surface area contributed by atoms with Gasteiger partial charge in [-0.25, -0.2) is 18.5 Å². The molecule has 0 aliphatic rings. The van der Waals surface area contributed by atoms with E-state index in [1.54, 1.807) is 36.4 Å². The number of hydrogen-bond acceptors (Lipinski definition) is 6. The van der Waals surface area contributed by atoms with Crippen LogP contribution in [0, 0.1) is 6.92 Å². The molecule has 0 saturated heterocycles. The molecule has 1 heterocycles. The zero-order valence-corrected chi connectivity index (χ0v) is 17.8. The molecule has 3 aromatic rings. The number of thiazole rings is 1. The van der Waals surface area contributed by atoms with Gasteiger partial charge in [0.1, 0.15) is 5.75 Å². The Kier molecular flexibility index (Phi) is 6.53. The van der Waals surface area contributed by atoms with Crippen LogP contribution < -0.4 is 15.2 Å². The van der Waals surface area contributed by atoms with Crippen molar-refractivity contribution in [3.05, 3.63) is 69.7 Å². The quantitative estimate of drug-likeness (QED) is 0.572. The molecule has 0 radical (unpaired) electrons. The van der Waals surface area contributed by atoms with Crippen LogP contribution in [0.25, 0.3) is 0 Å². The van der Waals surface area contributed by atoms with Gasteiger partial charge in [0.2, 0.25) is 10.0 Å². The molecule has 1 aromatic heterocycles. The zero-order chi connectivity index (χ0) is 21.0. The monoisotopic (exact) mass is 451 g/mol. The Balaban J connectivity index is 1.59. The lowest BCUT2D eigenvalue weighted by Gasteiger charge is -2.05. The fourth-order valence-corrected chi connectivity index (χ4v) is 4.12. The minimum atomic E-state index is -3.71. The minimum Gasteiger partial charge on any atom is -0.484 e. The van der Waals surface area contributed by atoms with Gasteiger partial charge in [-0.2, -0.15) is 0 Å². The van der Waals surface area contributed by atoms with Crippen LogP contribution >= 0.6 is 22.9 Å². The smallest absolute Gasteiger partial charge is 0.264 e. The Morgan fingerprint density at radius 3 is 2.45 bits per heavy atom. The van der Waals surface area contributed by atoms with Crippen molar-refractivity contribution in [3.8, 4) is 5.75 Å². The van der Waals surface area contributed by atoms with Crippen molar-refractivity contribution >= 4 is 44.0 Å². The standard InChI is InChI=1S/C19H18ClN3O4S2/c1-12-17(10-13-2-8-16(9-3-13)29(21,25)26)28-19(22-12)23-18(24)11-27-15-6-4-14(20)5-7-15/h2-9H,10-11H2,1H3,(H2,21,25,26)(H,22,23,24). The predicted octanol–water partition coefficient (Wildman–Crippen LogP) is 3.36. The molecule has 7 nitrogen and oxygen atoms in total. The largest absolute Gasteiger partial charge is 0.484 e. The number of aromatic nitrogens is 1. The van der Waals surface area contributed by atoms with E-state index < -0.39 is 10.0 Å². The molecule has 3 rings (SSSR count). The second-order valence-corrected chi connectivity index (χ2v) is 9.27. The fourth-order valence-electron chi connectivity index (χ4n) is 2.46. The number of nitrogens with two attached hydrogens (primary N) is 1. The van der Waals surface area contributed by atoms with E-state index in [0.717, 1.165) is 16.1 Å². The number of ether oxygens (including phenoxy) is 1. The number of carbonyl (C=O) groups is 1. The lowest BCUT2D eigenvalue weighted by Crippen LogP contribution is -2.20. The first-order valence-electron chi connectivity index (χ1n) is 8.47. The summed E-state index contributed by atoms with van der Waals surface area (Å²) in [5.41, 5.74) is 1.70. The topological polar surface area (TPSA) is 111 Å². The maximum absolute atomic E-state index is 12.1. The number of carbonyl (C=O) groups excluding carboxylic acids is 1. The fraction of sp³-hybridized carbons (Fsp3) is 0.158. The molecule has 10 heteroatoms. The molecular weight excluding hydrogens is 434 g/mol. The van der Waals surface area contributed by atoms with Crippen LogP contribution in [0.4, 0.5) is 5.13 Å². The van der Waals surface area contributed by atoms with E-state index in [-0.39, 0.29) is 17.4 Å². The van der Waals surface area contributed by atoms with Gasteiger partial charge < -0.3 is 4.74 Å². The van der Waals surface area contributed by atoms with Crippen LogP contribution in [0.1, 0.15) is 16.1 Å². The molecule has 0 atom stereocenters. The van der Waals surface area contributed by atoms with Crippen molar-refractivity contribution in [1.29, 1.82) is 0 Å². The Bertz CT molecular complexity index is 1110. The third kappa shape index (κ3) is 6.01. The molecule has 0 spiro atoms. The number of primary sulfonamides is 1. The summed E-state index contributed by atoms with van der Waals surface area (Å²) in [4.78, 5) is 17.5. The van der Waals surface area contributed by atoms with Gasteiger partial charge in [-0.05, 0) is 48.9 Å². The maximum Gasteiger partial charge on any atom is 0.264 e. The van der Waals surface area contributed by atoms with Crippen LogP contribution in [0.2, 0.25) is 5.02 Å². The minimum absolute atomic E-state index is 0.0657. The molecular formula is C19H18ClN3O4S2. The molecule has 2 aromatic carbocycles. The van der Waals surface area contributed by atoms with Gasteiger partial charge in [0.15, 0.2) is 11.7 Å². The van der Waals surface area contributed by atoms with Crippen LogP contribution in [0.3, 0.4) is 0 Å². The van der Waals surface area contributed by atoms with E-state index in [4.69, 9.17) is 21.5 Å². The SMILES string of the molecule is Cc1nc(NC(=O)COc2ccc(Cl)cc2)sc1Cc1ccc(S(N)(=O)=O)cc1. The van der Waals surface area contributed by atoms with Gasteiger partial charge >= 0.3 is 0 Å². The van der Waals surface area contributed by atoms with Crippen molar-refractivity contribution in [1.82, 2.24) is 4.98 Å². The molecule has 0 aliphatic heterocycles. The molecule has 0 aliphatic carbocycles. The highest BCUT2D eigenvalue weighted by atomic mass is 35.5. The number of rotatable bonds is 7. The van der Waals surface area contributed by atoms with Crippen molar-refractivity contribution in [2.24, 2.45) is 5.14 Å². The molecule has 0 fully saturated rings. The first kappa shape index (κ1) is 21.3. The summed E-state index contributed by atoms with van der Waals surface area (Å²) in [6, 6.07) is 13.1. The van der Waals surface area contributed by atoms with Crippen LogP contribution in [-0.2, 0) is 21.2 Å². The number of amides is 1. The second-order valence-electron chi connectivity index (χ2n) is 6.18. The van der Waals surface area contributed by atoms with Gasteiger partial charge in [-0.15, -0.1) is 11.3 Å². The van der Waals surface area contributed by atoms with E-state index in [1.165, 1.54) is 23.5 Å². The summed E-state index contributed by atoms with van der Waals surface area (Å²) in [5.74, 6) is 0.223. The summed E-state index contributed by atoms with van der Waals surface area (Å²) in [6.45, 7) is 1.70. The average Bonchev–Trinajstić information content (AvgIpc) is 3.00. The number of nitrogens with one attached hydrogen (secondary N) is 1. The Hall–Kier alpha value is -2.46. The molecule has 152 valence electrons. The number of anilines is 1. The number of aryl methyl sites for hydroxylation is 1. The average molecular weight is 452 g/mol. The lowest BCUT2D eigenvalue weighted by molar-refractivity contribution is -0.118. The Morgan fingerprint density at radius 2 is 1.83 bits per heavy atom. The highest BCUT2D eigenvalue weighted by Crippen LogP contribution is 2.25. The van der Waals surface area contributed by atoms with Crippen LogP contribution in [0.15, 0.2) is 53.4 Å². The lowest BCUT2D eigenvalue weighted by atomic mass is 10.1. The number of sulfonamides is 1. The maximum atomic E-state index is 12.1. The zero-order valence-electron chi connectivity index (χ0n) is 15.4. The van der Waals surface area contributed by atoms with E-state index in [1.807, 2.05) is 6.92 Å². The molecule has 0 unspecified atom stereocenters. The highest BCUT2D eigenvalue weighted by Gasteiger charge is 2.13. The van der Waals surface area contributed by atoms with Gasteiger partial charge in [-0.1, -0.05) is 23.7 Å². The number of halogens is 1. The summed E-state index contributed by atoms with van der Waals surface area (Å²) >= 11 is 7.17. The predicted molar refractivity (Wildman–Crippen MR) is 113 cm³/mol. The van der Waals surface area contributed by atoms with E-state index in [2.05, 4.69) is 10.3 Å². The number of nitrogens with zero attached hydrogens (tertiary/aromatic N) is 1. The third-order valence-electron chi connectivity index (χ3n) is 3.94. The van der Waals surface area contributed by atoms with E-state index in [9.17, 15) is 13.2 Å². The van der Waals surface area contributed by atoms with Crippen LogP contribution in [-0.4, -0.2) is 25.9 Å². The summed E-state index contributed by atoms with van der Waals surface area (Å²) < 4.78 is 28.1. The molecule has 0 bridgehead atoms. The molecule has 3 N–H and O–H groups in total. The summed E-state index contributed by atoms with van der Waals surface area (Å²) in [5, 5.41) is 8.90. The normalized spacial score (nSPS) is 11.3. The number of hydrogen-bond donors (Lipinski definition) is 2. The third-order valence-corrected chi connectivity index (χ3v) is 6.19. The highest BCUT2D eigenvalue weighted by molar-refractivity contribution is 7.89. The van der Waals surface area contributed by atoms with E-state index in [0.29, 0.717) is 22.3 Å². The first-order chi connectivity index (χ1) is 13.7. The van der Waals surface area contributed by atoms with Crippen molar-refractivity contribution < 1.29 is 17.9 Å². The molecule has 29 heavy (non-hydrogen) atoms. The molecule has 0 saturated carbocycles. The number of benzene rings is 2. The van der Waals surface area contributed by atoms with Gasteiger partial charge in [0.25, 0.3) is 5.91 Å². The van der Waals surface area contributed by atoms with E-state index >= 15 is 0 Å². The van der Waals surface area contributed by atoms with Crippen molar-refractivity contribution in [2.75, 3.05) is 11.9 Å². The van der Waals surface area contributed by atoms with Crippen molar-refractivity contribution in [3.63, 3.8) is 0 Å². The second kappa shape index (κ2) is 8.91. The van der Waals surface area contributed by atoms with Gasteiger partial charge in [0, 0.05) is 16.3 Å². The molecule has 1 amide bonds. The van der Waals surface area contributed by atoms with Crippen LogP contribution in [0.5, 0.6) is 5.75 Å². The summed E-state index contributed by atoms with van der Waals surface area (Å²) in [6.07, 6.45) is 0.561. The van der Waals surface area contributed by atoms with Gasteiger partial charge in [0.05, 0.1) is 10.6 Å².